The predicted octanol–water partition coefficient (Wildman–Crippen LogP) is 13.4. The number of aromatic nitrogens is 3. The monoisotopic (exact) mass is 703 g/mol. The number of rotatable bonds is 7. The third-order valence-electron chi connectivity index (χ3n) is 10.2. The maximum Gasteiger partial charge on any atom is 0.164 e. The first-order valence-corrected chi connectivity index (χ1v) is 18.4. The van der Waals surface area contributed by atoms with Crippen LogP contribution in [0.2, 0.25) is 0 Å². The van der Waals surface area contributed by atoms with E-state index in [1.54, 1.807) is 0 Å². The van der Waals surface area contributed by atoms with Gasteiger partial charge in [0.1, 0.15) is 11.2 Å². The molecular weight excluding hydrogens is 671 g/mol. The van der Waals surface area contributed by atoms with E-state index in [1.165, 1.54) is 0 Å². The summed E-state index contributed by atoms with van der Waals surface area (Å²) in [6.07, 6.45) is 0. The molecule has 0 spiro atoms. The van der Waals surface area contributed by atoms with Crippen molar-refractivity contribution in [3.8, 4) is 78.7 Å². The van der Waals surface area contributed by atoms with Crippen molar-refractivity contribution >= 4 is 21.9 Å². The zero-order valence-corrected chi connectivity index (χ0v) is 29.8. The molecule has 2 aromatic heterocycles. The van der Waals surface area contributed by atoms with Gasteiger partial charge in [0, 0.05) is 27.5 Å². The maximum atomic E-state index is 6.51. The highest BCUT2D eigenvalue weighted by Gasteiger charge is 2.19. The molecule has 0 saturated carbocycles. The van der Waals surface area contributed by atoms with Crippen LogP contribution in [0.1, 0.15) is 0 Å². The highest BCUT2D eigenvalue weighted by Crippen LogP contribution is 2.40. The minimum absolute atomic E-state index is 0.584. The SMILES string of the molecule is c1ccc(-c2ccc(-c3nc(-c4ccc(-c5ccccc5)c(-c5ccccc5)c4)nc(-c4cccc5oc6cc(-c7ccccc7)ccc6c45)n3)cc2)cc1. The highest BCUT2D eigenvalue weighted by atomic mass is 16.3. The summed E-state index contributed by atoms with van der Waals surface area (Å²) in [7, 11) is 0. The number of hydrogen-bond donors (Lipinski definition) is 0. The van der Waals surface area contributed by atoms with E-state index >= 15 is 0 Å². The molecule has 10 aromatic rings. The van der Waals surface area contributed by atoms with Crippen LogP contribution in [0.3, 0.4) is 0 Å². The van der Waals surface area contributed by atoms with Gasteiger partial charge in [-0.05, 0) is 68.8 Å². The van der Waals surface area contributed by atoms with E-state index in [-0.39, 0.29) is 0 Å². The van der Waals surface area contributed by atoms with Crippen LogP contribution in [0, 0.1) is 0 Å². The molecule has 4 heteroatoms. The summed E-state index contributed by atoms with van der Waals surface area (Å²) >= 11 is 0. The van der Waals surface area contributed by atoms with E-state index in [0.29, 0.717) is 17.5 Å². The molecule has 55 heavy (non-hydrogen) atoms. The summed E-state index contributed by atoms with van der Waals surface area (Å²) < 4.78 is 6.51. The van der Waals surface area contributed by atoms with E-state index in [4.69, 9.17) is 19.4 Å². The molecule has 0 atom stereocenters. The second-order valence-electron chi connectivity index (χ2n) is 13.6. The average molecular weight is 704 g/mol. The van der Waals surface area contributed by atoms with Crippen molar-refractivity contribution in [2.24, 2.45) is 0 Å². The fraction of sp³-hybridized carbons (Fsp3) is 0. The van der Waals surface area contributed by atoms with Gasteiger partial charge in [-0.1, -0.05) is 176 Å². The topological polar surface area (TPSA) is 51.8 Å². The zero-order chi connectivity index (χ0) is 36.6. The molecule has 0 unspecified atom stereocenters. The molecule has 10 rings (SSSR count). The third-order valence-corrected chi connectivity index (χ3v) is 10.2. The minimum Gasteiger partial charge on any atom is -0.456 e. The molecule has 0 aliphatic heterocycles. The third kappa shape index (κ3) is 6.16. The molecule has 4 nitrogen and oxygen atoms in total. The van der Waals surface area contributed by atoms with Gasteiger partial charge in [-0.3, -0.25) is 0 Å². The van der Waals surface area contributed by atoms with Crippen molar-refractivity contribution in [3.63, 3.8) is 0 Å². The van der Waals surface area contributed by atoms with Crippen LogP contribution in [0.25, 0.3) is 101 Å². The first kappa shape index (κ1) is 32.2. The quantitative estimate of drug-likeness (QED) is 0.166. The van der Waals surface area contributed by atoms with Crippen LogP contribution in [-0.2, 0) is 0 Å². The lowest BCUT2D eigenvalue weighted by Crippen LogP contribution is -2.01. The molecule has 0 aliphatic rings. The van der Waals surface area contributed by atoms with E-state index in [1.807, 2.05) is 36.4 Å². The van der Waals surface area contributed by atoms with E-state index in [0.717, 1.165) is 83.1 Å². The average Bonchev–Trinajstić information content (AvgIpc) is 3.66. The van der Waals surface area contributed by atoms with Gasteiger partial charge in [-0.25, -0.2) is 15.0 Å². The summed E-state index contributed by atoms with van der Waals surface area (Å²) in [6.45, 7) is 0. The van der Waals surface area contributed by atoms with Crippen molar-refractivity contribution in [2.45, 2.75) is 0 Å². The van der Waals surface area contributed by atoms with Crippen LogP contribution in [-0.4, -0.2) is 15.0 Å². The number of furan rings is 1. The maximum absolute atomic E-state index is 6.51. The highest BCUT2D eigenvalue weighted by molar-refractivity contribution is 6.12. The minimum atomic E-state index is 0.584. The molecule has 2 heterocycles. The number of hydrogen-bond acceptors (Lipinski definition) is 4. The van der Waals surface area contributed by atoms with Gasteiger partial charge < -0.3 is 4.42 Å². The lowest BCUT2D eigenvalue weighted by atomic mass is 9.92. The van der Waals surface area contributed by atoms with Crippen LogP contribution >= 0.6 is 0 Å². The Labute approximate surface area is 319 Å². The smallest absolute Gasteiger partial charge is 0.164 e. The largest absolute Gasteiger partial charge is 0.456 e. The van der Waals surface area contributed by atoms with Crippen LogP contribution in [0.4, 0.5) is 0 Å². The molecule has 0 radical (unpaired) electrons. The second-order valence-corrected chi connectivity index (χ2v) is 13.6. The molecule has 0 N–H and O–H groups in total. The van der Waals surface area contributed by atoms with Gasteiger partial charge in [-0.15, -0.1) is 0 Å². The lowest BCUT2D eigenvalue weighted by Gasteiger charge is -2.14. The van der Waals surface area contributed by atoms with E-state index < -0.39 is 0 Å². The van der Waals surface area contributed by atoms with Gasteiger partial charge in [0.2, 0.25) is 0 Å². The second kappa shape index (κ2) is 13.8. The molecule has 258 valence electrons. The Hall–Kier alpha value is -7.43. The summed E-state index contributed by atoms with van der Waals surface area (Å²) in [5.41, 5.74) is 13.4. The first-order valence-electron chi connectivity index (χ1n) is 18.4. The molecular formula is C51H33N3O. The normalized spacial score (nSPS) is 11.3. The molecule has 8 aromatic carbocycles. The summed E-state index contributed by atoms with van der Waals surface area (Å²) in [4.78, 5) is 15.6. The Kier molecular flexibility index (Phi) is 8.12. The Morgan fingerprint density at radius 3 is 1.42 bits per heavy atom. The molecule has 0 saturated heterocycles. The first-order chi connectivity index (χ1) is 27.2. The van der Waals surface area contributed by atoms with Gasteiger partial charge in [0.05, 0.1) is 0 Å². The van der Waals surface area contributed by atoms with Crippen molar-refractivity contribution < 1.29 is 4.42 Å². The van der Waals surface area contributed by atoms with Crippen molar-refractivity contribution in [2.75, 3.05) is 0 Å². The van der Waals surface area contributed by atoms with Gasteiger partial charge in [0.15, 0.2) is 17.5 Å². The summed E-state index contributed by atoms with van der Waals surface area (Å²) in [5, 5.41) is 1.99. The van der Waals surface area contributed by atoms with Gasteiger partial charge in [-0.2, -0.15) is 0 Å². The Morgan fingerprint density at radius 1 is 0.273 bits per heavy atom. The molecule has 0 amide bonds. The number of nitrogens with zero attached hydrogens (tertiary/aromatic N) is 3. The fourth-order valence-corrected chi connectivity index (χ4v) is 7.43. The van der Waals surface area contributed by atoms with Crippen molar-refractivity contribution in [3.05, 3.63) is 200 Å². The lowest BCUT2D eigenvalue weighted by molar-refractivity contribution is 0.669. The predicted molar refractivity (Wildman–Crippen MR) is 225 cm³/mol. The van der Waals surface area contributed by atoms with Crippen LogP contribution < -0.4 is 0 Å². The van der Waals surface area contributed by atoms with Crippen molar-refractivity contribution in [1.29, 1.82) is 0 Å². The van der Waals surface area contributed by atoms with Crippen LogP contribution in [0.15, 0.2) is 205 Å². The van der Waals surface area contributed by atoms with E-state index in [9.17, 15) is 0 Å². The molecule has 0 bridgehead atoms. The summed E-state index contributed by atoms with van der Waals surface area (Å²) in [5.74, 6) is 1.78. The summed E-state index contributed by atoms with van der Waals surface area (Å²) in [6, 6.07) is 69.3. The Morgan fingerprint density at radius 2 is 0.764 bits per heavy atom. The fourth-order valence-electron chi connectivity index (χ4n) is 7.43. The number of benzene rings is 8. The molecule has 0 aliphatic carbocycles. The van der Waals surface area contributed by atoms with E-state index in [2.05, 4.69) is 164 Å². The molecule has 0 fully saturated rings. The Balaban J connectivity index is 1.16. The standard InChI is InChI=1S/C51H33N3O/c1-5-14-34(15-6-1)36-24-26-39(27-25-36)49-52-50(41-29-30-42(37-18-9-3-10-19-37)45(32-41)38-20-11-4-12-21-38)54-51(53-49)44-22-13-23-46-48(44)43-31-28-40(33-47(43)55-46)35-16-7-2-8-17-35/h1-33H. The Bertz CT molecular complexity index is 2940. The zero-order valence-electron chi connectivity index (χ0n) is 29.8. The van der Waals surface area contributed by atoms with Crippen LogP contribution in [0.5, 0.6) is 0 Å². The van der Waals surface area contributed by atoms with Gasteiger partial charge in [0.25, 0.3) is 0 Å². The van der Waals surface area contributed by atoms with Gasteiger partial charge >= 0.3 is 0 Å². The van der Waals surface area contributed by atoms with Crippen molar-refractivity contribution in [1.82, 2.24) is 15.0 Å². The number of fused-ring (bicyclic) bond motifs is 3.